The van der Waals surface area contributed by atoms with Crippen LogP contribution in [0.2, 0.25) is 0 Å². The molecule has 0 saturated carbocycles. The molecule has 0 radical (unpaired) electrons. The zero-order valence-corrected chi connectivity index (χ0v) is 36.3. The largest absolute Gasteiger partial charge is 0.0622 e. The van der Waals surface area contributed by atoms with Gasteiger partial charge in [-0.3, -0.25) is 0 Å². The first-order chi connectivity index (χ1) is 32.1. The Balaban J connectivity index is 1.01. The van der Waals surface area contributed by atoms with Crippen LogP contribution in [0.15, 0.2) is 218 Å². The van der Waals surface area contributed by atoms with Gasteiger partial charge in [0.05, 0.1) is 0 Å². The highest BCUT2D eigenvalue weighted by Gasteiger charge is 2.40. The summed E-state index contributed by atoms with van der Waals surface area (Å²) in [5, 5.41) is 13.1. The molecule has 0 fully saturated rings. The lowest BCUT2D eigenvalue weighted by Crippen LogP contribution is -2.16. The van der Waals surface area contributed by atoms with Gasteiger partial charge in [-0.25, -0.2) is 0 Å². The van der Waals surface area contributed by atoms with Crippen molar-refractivity contribution < 1.29 is 0 Å². The first kappa shape index (κ1) is 36.4. The minimum Gasteiger partial charge on any atom is -0.0622 e. The maximum absolute atomic E-state index is 2.52. The van der Waals surface area contributed by atoms with Gasteiger partial charge < -0.3 is 0 Å². The molecule has 14 rings (SSSR count). The highest BCUT2D eigenvalue weighted by atomic mass is 14.4. The second-order valence-electron chi connectivity index (χ2n) is 18.6. The van der Waals surface area contributed by atoms with Gasteiger partial charge in [0.15, 0.2) is 0 Å². The molecule has 0 atom stereocenters. The molecule has 0 spiro atoms. The maximum Gasteiger partial charge on any atom is 0.0171 e. The van der Waals surface area contributed by atoms with Gasteiger partial charge in [-0.2, -0.15) is 0 Å². The monoisotopic (exact) mass is 822 g/mol. The highest BCUT2D eigenvalue weighted by Crippen LogP contribution is 2.60. The summed E-state index contributed by atoms with van der Waals surface area (Å²) in [4.78, 5) is 0. The molecule has 0 aromatic heterocycles. The normalized spacial score (nSPS) is 13.2. The molecule has 12 aromatic rings. The standard InChI is InChI=1S/C65H42/c1-65(2)63-51-31-15-11-27-46(51)55(38-56(63)60-48-28-12-9-25-44(48)45-26-10-16-32-52(45)64(60)65)42-24-17-23-41(37-42)43-35-36-54-59-47(43)33-18-34-53(59)61-57(39-19-5-3-6-20-39)49-29-13-14-30-50(49)58(62(54)61)40-21-7-4-8-22-40/h3-38H,1-2H3. The van der Waals surface area contributed by atoms with Crippen molar-refractivity contribution in [1.29, 1.82) is 0 Å². The summed E-state index contributed by atoms with van der Waals surface area (Å²) in [5.74, 6) is 0. The van der Waals surface area contributed by atoms with Gasteiger partial charge in [-0.1, -0.05) is 220 Å². The van der Waals surface area contributed by atoms with Crippen LogP contribution in [0.25, 0.3) is 132 Å². The summed E-state index contributed by atoms with van der Waals surface area (Å²) >= 11 is 0. The quantitative estimate of drug-likeness (QED) is 0.155. The van der Waals surface area contributed by atoms with E-state index in [-0.39, 0.29) is 5.41 Å². The fourth-order valence-electron chi connectivity index (χ4n) is 12.4. The highest BCUT2D eigenvalue weighted by molar-refractivity contribution is 6.29. The first-order valence-corrected chi connectivity index (χ1v) is 22.9. The van der Waals surface area contributed by atoms with Crippen molar-refractivity contribution in [3.8, 4) is 77.9 Å². The van der Waals surface area contributed by atoms with Crippen LogP contribution in [0.1, 0.15) is 25.0 Å². The summed E-state index contributed by atoms with van der Waals surface area (Å²) in [6.45, 7) is 4.88. The number of fused-ring (bicyclic) bond motifs is 14. The number of hydrogen-bond acceptors (Lipinski definition) is 0. The molecular formula is C65H42. The Morgan fingerprint density at radius 2 is 0.646 bits per heavy atom. The van der Waals surface area contributed by atoms with E-state index in [0.717, 1.165) is 0 Å². The first-order valence-electron chi connectivity index (χ1n) is 22.9. The van der Waals surface area contributed by atoms with Crippen LogP contribution >= 0.6 is 0 Å². The van der Waals surface area contributed by atoms with Gasteiger partial charge in [0.1, 0.15) is 0 Å². The molecule has 0 nitrogen and oxygen atoms in total. The third-order valence-corrected chi connectivity index (χ3v) is 14.9. The van der Waals surface area contributed by atoms with E-state index < -0.39 is 0 Å². The van der Waals surface area contributed by atoms with Crippen molar-refractivity contribution in [3.05, 3.63) is 230 Å². The smallest absolute Gasteiger partial charge is 0.0171 e. The fourth-order valence-corrected chi connectivity index (χ4v) is 12.4. The molecule has 0 bridgehead atoms. The average Bonchev–Trinajstić information content (AvgIpc) is 3.82. The zero-order chi connectivity index (χ0) is 43.0. The summed E-state index contributed by atoms with van der Waals surface area (Å²) in [7, 11) is 0. The van der Waals surface area contributed by atoms with Crippen molar-refractivity contribution in [2.24, 2.45) is 0 Å². The van der Waals surface area contributed by atoms with Crippen LogP contribution in [0.5, 0.6) is 0 Å². The summed E-state index contributed by atoms with van der Waals surface area (Å²) in [6.07, 6.45) is 0. The van der Waals surface area contributed by atoms with Gasteiger partial charge >= 0.3 is 0 Å². The molecule has 0 heterocycles. The van der Waals surface area contributed by atoms with Gasteiger partial charge in [-0.05, 0) is 155 Å². The van der Waals surface area contributed by atoms with Crippen LogP contribution in [0.3, 0.4) is 0 Å². The number of benzene rings is 12. The van der Waals surface area contributed by atoms with E-state index in [0.29, 0.717) is 0 Å². The lowest BCUT2D eigenvalue weighted by molar-refractivity contribution is 0.672. The minimum atomic E-state index is -0.191. The van der Waals surface area contributed by atoms with Crippen molar-refractivity contribution >= 4 is 53.9 Å². The Labute approximate surface area is 378 Å². The molecule has 0 N–H and O–H groups in total. The lowest BCUT2D eigenvalue weighted by atomic mass is 9.77. The molecule has 0 aliphatic heterocycles. The van der Waals surface area contributed by atoms with E-state index in [1.807, 2.05) is 0 Å². The lowest BCUT2D eigenvalue weighted by Gasteiger charge is -2.25. The van der Waals surface area contributed by atoms with Crippen molar-refractivity contribution in [3.63, 3.8) is 0 Å². The molecule has 12 aromatic carbocycles. The SMILES string of the molecule is CC1(C)c2c(cc(-c3cccc(-c4ccc5c6c(cccc46)-c4c-5c(-c5ccccc5)c5ccccc5c4-c4ccccc4)c3)c3ccccc23)-c2c1c1ccccc1c1ccccc21. The summed E-state index contributed by atoms with van der Waals surface area (Å²) in [5.41, 5.74) is 20.7. The Morgan fingerprint density at radius 1 is 0.231 bits per heavy atom. The van der Waals surface area contributed by atoms with E-state index in [9.17, 15) is 0 Å². The van der Waals surface area contributed by atoms with Gasteiger partial charge in [0, 0.05) is 5.41 Å². The predicted molar refractivity (Wildman–Crippen MR) is 278 cm³/mol. The van der Waals surface area contributed by atoms with E-state index in [2.05, 4.69) is 232 Å². The predicted octanol–water partition coefficient (Wildman–Crippen LogP) is 18.1. The summed E-state index contributed by atoms with van der Waals surface area (Å²) in [6, 6.07) is 81.9. The number of hydrogen-bond donors (Lipinski definition) is 0. The van der Waals surface area contributed by atoms with E-state index in [1.165, 1.54) is 143 Å². The molecular weight excluding hydrogens is 781 g/mol. The Morgan fingerprint density at radius 3 is 1.26 bits per heavy atom. The maximum atomic E-state index is 2.52. The van der Waals surface area contributed by atoms with Crippen LogP contribution in [0, 0.1) is 0 Å². The van der Waals surface area contributed by atoms with E-state index in [1.54, 1.807) is 0 Å². The van der Waals surface area contributed by atoms with E-state index in [4.69, 9.17) is 0 Å². The van der Waals surface area contributed by atoms with Crippen molar-refractivity contribution in [2.75, 3.05) is 0 Å². The Bertz CT molecular complexity index is 3910. The molecule has 0 amide bonds. The minimum absolute atomic E-state index is 0.191. The topological polar surface area (TPSA) is 0 Å². The molecule has 0 unspecified atom stereocenters. The van der Waals surface area contributed by atoms with Gasteiger partial charge in [0.2, 0.25) is 0 Å². The number of rotatable bonds is 4. The zero-order valence-electron chi connectivity index (χ0n) is 36.3. The molecule has 2 aliphatic rings. The second kappa shape index (κ2) is 13.5. The van der Waals surface area contributed by atoms with Crippen molar-refractivity contribution in [1.82, 2.24) is 0 Å². The van der Waals surface area contributed by atoms with Crippen molar-refractivity contribution in [2.45, 2.75) is 19.3 Å². The average molecular weight is 823 g/mol. The van der Waals surface area contributed by atoms with Gasteiger partial charge in [0.25, 0.3) is 0 Å². The third-order valence-electron chi connectivity index (χ3n) is 14.9. The second-order valence-corrected chi connectivity index (χ2v) is 18.6. The van der Waals surface area contributed by atoms with E-state index >= 15 is 0 Å². The van der Waals surface area contributed by atoms with Crippen LogP contribution in [-0.2, 0) is 5.41 Å². The molecule has 302 valence electrons. The molecule has 0 heteroatoms. The molecule has 0 saturated heterocycles. The summed E-state index contributed by atoms with van der Waals surface area (Å²) < 4.78 is 0. The van der Waals surface area contributed by atoms with Gasteiger partial charge in [-0.15, -0.1) is 0 Å². The fraction of sp³-hybridized carbons (Fsp3) is 0.0462. The van der Waals surface area contributed by atoms with Crippen LogP contribution in [-0.4, -0.2) is 0 Å². The Hall–Kier alpha value is -8.06. The van der Waals surface area contributed by atoms with Crippen LogP contribution in [0.4, 0.5) is 0 Å². The molecule has 65 heavy (non-hydrogen) atoms. The van der Waals surface area contributed by atoms with Crippen LogP contribution < -0.4 is 0 Å². The Kier molecular flexibility index (Phi) is 7.55. The molecule has 2 aliphatic carbocycles. The third kappa shape index (κ3) is 4.97.